The molecular weight excluding hydrogens is 913 g/mol. The molecule has 3 amide bonds. The van der Waals surface area contributed by atoms with Crippen LogP contribution >= 0.6 is 0 Å². The minimum Gasteiger partial charge on any atom is -0.490 e. The summed E-state index contributed by atoms with van der Waals surface area (Å²) in [6, 6.07) is 25.2. The van der Waals surface area contributed by atoms with Crippen LogP contribution in [-0.4, -0.2) is 134 Å². The van der Waals surface area contributed by atoms with Gasteiger partial charge in [0, 0.05) is 80.5 Å². The van der Waals surface area contributed by atoms with Crippen LogP contribution in [0.25, 0.3) is 33.4 Å². The molecule has 1 atom stereocenters. The molecule has 72 heavy (non-hydrogen) atoms. The van der Waals surface area contributed by atoms with E-state index < -0.39 is 11.9 Å². The van der Waals surface area contributed by atoms with Crippen molar-refractivity contribution < 1.29 is 19.1 Å². The molecule has 0 radical (unpaired) electrons. The maximum Gasteiger partial charge on any atom is 0.275 e. The van der Waals surface area contributed by atoms with Crippen LogP contribution < -0.4 is 26.1 Å². The number of likely N-dealkylation sites (tertiary alicyclic amines) is 2. The van der Waals surface area contributed by atoms with E-state index in [-0.39, 0.29) is 42.3 Å². The van der Waals surface area contributed by atoms with Gasteiger partial charge in [-0.15, -0.1) is 0 Å². The van der Waals surface area contributed by atoms with Gasteiger partial charge in [0.1, 0.15) is 6.04 Å². The Morgan fingerprint density at radius 3 is 2.28 bits per heavy atom. The Kier molecular flexibility index (Phi) is 14.3. The number of rotatable bonds is 13. The van der Waals surface area contributed by atoms with Gasteiger partial charge in [-0.1, -0.05) is 30.3 Å². The van der Waals surface area contributed by atoms with Gasteiger partial charge in [0.2, 0.25) is 11.8 Å². The molecule has 1 N–H and O–H groups in total. The topological polar surface area (TPSA) is 205 Å². The Morgan fingerprint density at radius 2 is 1.51 bits per heavy atom. The first kappa shape index (κ1) is 48.0. The van der Waals surface area contributed by atoms with Crippen molar-refractivity contribution in [3.8, 4) is 34.5 Å². The molecule has 10 rings (SSSR count). The van der Waals surface area contributed by atoms with Crippen LogP contribution in [0.15, 0.2) is 101 Å². The predicted octanol–water partition coefficient (Wildman–Crippen LogP) is 4.43. The van der Waals surface area contributed by atoms with E-state index in [0.29, 0.717) is 58.9 Å². The third-order valence-corrected chi connectivity index (χ3v) is 14.7. The number of imide groups is 1. The molecule has 4 fully saturated rings. The number of anilines is 1. The molecule has 370 valence electrons. The third-order valence-electron chi connectivity index (χ3n) is 14.7. The van der Waals surface area contributed by atoms with E-state index in [1.807, 2.05) is 60.4 Å². The fourth-order valence-electron chi connectivity index (χ4n) is 10.4. The first-order valence-corrected chi connectivity index (χ1v) is 25.0. The van der Waals surface area contributed by atoms with Gasteiger partial charge in [-0.25, -0.2) is 19.3 Å². The summed E-state index contributed by atoms with van der Waals surface area (Å²) in [7, 11) is 0. The Morgan fingerprint density at radius 1 is 0.764 bits per heavy atom. The van der Waals surface area contributed by atoms with Gasteiger partial charge in [0.25, 0.3) is 17.0 Å². The van der Waals surface area contributed by atoms with Crippen molar-refractivity contribution in [3.63, 3.8) is 0 Å². The summed E-state index contributed by atoms with van der Waals surface area (Å²) in [6.07, 6.45) is 7.72. The van der Waals surface area contributed by atoms with Crippen LogP contribution in [0.2, 0.25) is 0 Å². The smallest absolute Gasteiger partial charge is 0.275 e. The number of ether oxygens (including phenoxy) is 1. The highest BCUT2D eigenvalue weighted by Crippen LogP contribution is 2.27. The second-order valence-corrected chi connectivity index (χ2v) is 19.5. The molecule has 18 nitrogen and oxygen atoms in total. The van der Waals surface area contributed by atoms with Crippen LogP contribution in [0, 0.1) is 30.1 Å². The molecular formula is C54H58N12O6. The molecule has 0 bridgehead atoms. The van der Waals surface area contributed by atoms with Crippen molar-refractivity contribution in [2.45, 2.75) is 58.0 Å². The molecule has 6 aromatic rings. The van der Waals surface area contributed by atoms with Gasteiger partial charge in [-0.2, -0.15) is 15.5 Å². The molecule has 3 aromatic heterocycles. The lowest BCUT2D eigenvalue weighted by molar-refractivity contribution is -0.136. The zero-order valence-electron chi connectivity index (χ0n) is 40.5. The second kappa shape index (κ2) is 21.4. The van der Waals surface area contributed by atoms with Crippen molar-refractivity contribution in [1.29, 1.82) is 5.26 Å². The number of aryl methyl sites for hydroxylation is 1. The van der Waals surface area contributed by atoms with E-state index in [0.717, 1.165) is 112 Å². The number of piperazine rings is 1. The molecule has 1 unspecified atom stereocenters. The number of benzene rings is 3. The standard InChI is InChI=1S/C54H58N12O6/c1-36-46-28-43(8-9-45(46)54(71)66(59-36)48-11-12-49(67)58-53(48)70)63-24-22-62(23-25-63)32-37-14-18-61(19-15-37)34-51(69)64-20-16-38(17-21-64)35-72-44-30-56-52(57-31-44)42-7-3-5-40(27-42)33-65-50(68)13-10-47(60-65)41-6-2-4-39(26-41)29-55/h2-10,13,26-28,30-31,37-38,48H,11-12,14-25,32-35H2,1H3,(H,58,67,70). The average Bonchev–Trinajstić information content (AvgIpc) is 3.41. The number of nitrogens with one attached hydrogen (secondary N) is 1. The normalized spacial score (nSPS) is 18.5. The van der Waals surface area contributed by atoms with E-state index >= 15 is 0 Å². The fraction of sp³-hybridized carbons (Fsp3) is 0.407. The molecule has 0 spiro atoms. The molecule has 4 aliphatic heterocycles. The van der Waals surface area contributed by atoms with E-state index in [9.17, 15) is 29.2 Å². The first-order chi connectivity index (χ1) is 35.0. The largest absolute Gasteiger partial charge is 0.490 e. The maximum atomic E-state index is 13.4. The highest BCUT2D eigenvalue weighted by molar-refractivity contribution is 5.99. The van der Waals surface area contributed by atoms with E-state index in [1.54, 1.807) is 36.7 Å². The third kappa shape index (κ3) is 11.0. The lowest BCUT2D eigenvalue weighted by Crippen LogP contribution is -2.50. The van der Waals surface area contributed by atoms with E-state index in [2.05, 4.69) is 46.3 Å². The monoisotopic (exact) mass is 970 g/mol. The highest BCUT2D eigenvalue weighted by Gasteiger charge is 2.32. The van der Waals surface area contributed by atoms with Gasteiger partial charge >= 0.3 is 0 Å². The Bertz CT molecular complexity index is 3140. The number of fused-ring (bicyclic) bond motifs is 1. The number of amides is 3. The minimum absolute atomic E-state index is 0.179. The molecule has 4 saturated heterocycles. The number of hydrogen-bond acceptors (Lipinski definition) is 14. The molecule has 3 aromatic carbocycles. The number of aromatic nitrogens is 6. The van der Waals surface area contributed by atoms with Gasteiger partial charge in [0.05, 0.1) is 60.5 Å². The van der Waals surface area contributed by atoms with E-state index in [1.165, 1.54) is 15.4 Å². The van der Waals surface area contributed by atoms with Crippen molar-refractivity contribution >= 4 is 34.2 Å². The van der Waals surface area contributed by atoms with Gasteiger partial charge in [0.15, 0.2) is 11.6 Å². The Hall–Kier alpha value is -7.62. The summed E-state index contributed by atoms with van der Waals surface area (Å²) in [5, 5.41) is 22.0. The summed E-state index contributed by atoms with van der Waals surface area (Å²) in [4.78, 5) is 82.2. The number of carbonyl (C=O) groups is 3. The summed E-state index contributed by atoms with van der Waals surface area (Å²) >= 11 is 0. The molecule has 4 aliphatic rings. The van der Waals surface area contributed by atoms with Gasteiger partial charge in [-0.05, 0) is 112 Å². The number of hydrogen-bond donors (Lipinski definition) is 1. The Balaban J connectivity index is 0.628. The minimum atomic E-state index is -0.793. The van der Waals surface area contributed by atoms with E-state index in [4.69, 9.17) is 4.74 Å². The molecule has 7 heterocycles. The maximum absolute atomic E-state index is 13.4. The fourth-order valence-corrected chi connectivity index (χ4v) is 10.4. The van der Waals surface area contributed by atoms with Crippen molar-refractivity contribution in [1.82, 2.24) is 49.5 Å². The van der Waals surface area contributed by atoms with Crippen LogP contribution in [0.5, 0.6) is 5.75 Å². The van der Waals surface area contributed by atoms with Crippen LogP contribution in [-0.2, 0) is 20.9 Å². The van der Waals surface area contributed by atoms with Crippen LogP contribution in [0.4, 0.5) is 5.69 Å². The SMILES string of the molecule is Cc1nn(C2CCC(=O)NC2=O)c(=O)c2ccc(N3CCN(CC4CCN(CC(=O)N5CCC(COc6cnc(-c7cccc(Cn8nc(-c9cccc(C#N)c9)ccc8=O)c7)nc6)CC5)CC4)CC3)cc12. The second-order valence-electron chi connectivity index (χ2n) is 19.5. The van der Waals surface area contributed by atoms with Crippen LogP contribution in [0.1, 0.15) is 61.4 Å². The summed E-state index contributed by atoms with van der Waals surface area (Å²) in [5.41, 5.74) is 4.73. The number of nitrogens with zero attached hydrogens (tertiary/aromatic N) is 11. The average molecular weight is 971 g/mol. The molecule has 0 aliphatic carbocycles. The predicted molar refractivity (Wildman–Crippen MR) is 270 cm³/mol. The van der Waals surface area contributed by atoms with Crippen LogP contribution in [0.3, 0.4) is 0 Å². The van der Waals surface area contributed by atoms with Crippen molar-refractivity contribution in [2.24, 2.45) is 11.8 Å². The van der Waals surface area contributed by atoms with Gasteiger partial charge < -0.3 is 14.5 Å². The van der Waals surface area contributed by atoms with Crippen molar-refractivity contribution in [3.05, 3.63) is 129 Å². The molecule has 18 heteroatoms. The zero-order chi connectivity index (χ0) is 49.7. The highest BCUT2D eigenvalue weighted by atomic mass is 16.5. The lowest BCUT2D eigenvalue weighted by atomic mass is 9.95. The number of carbonyl (C=O) groups excluding carboxylic acids is 3. The lowest BCUT2D eigenvalue weighted by Gasteiger charge is -2.40. The first-order valence-electron chi connectivity index (χ1n) is 25.0. The van der Waals surface area contributed by atoms with Crippen molar-refractivity contribution in [2.75, 3.05) is 77.0 Å². The summed E-state index contributed by atoms with van der Waals surface area (Å²) < 4.78 is 8.78. The Labute approximate surface area is 416 Å². The van der Waals surface area contributed by atoms with Gasteiger partial charge in [-0.3, -0.25) is 39.1 Å². The molecule has 0 saturated carbocycles. The number of piperidine rings is 3. The summed E-state index contributed by atoms with van der Waals surface area (Å²) in [5.74, 6) is 1.45. The summed E-state index contributed by atoms with van der Waals surface area (Å²) in [6.45, 7) is 11.1. The zero-order valence-corrected chi connectivity index (χ0v) is 40.5. The number of nitriles is 1. The quantitative estimate of drug-likeness (QED) is 0.159.